The molecular weight excluding hydrogens is 254 g/mol. The Balaban J connectivity index is 1.56. The zero-order valence-electron chi connectivity index (χ0n) is 13.1. The summed E-state index contributed by atoms with van der Waals surface area (Å²) in [6, 6.07) is 19.5. The van der Waals surface area contributed by atoms with Crippen LogP contribution < -0.4 is 5.32 Å². The first kappa shape index (κ1) is 14.3. The third kappa shape index (κ3) is 3.36. The fourth-order valence-electron chi connectivity index (χ4n) is 3.02. The Morgan fingerprint density at radius 1 is 0.905 bits per heavy atom. The Bertz CT molecular complexity index is 565. The summed E-state index contributed by atoms with van der Waals surface area (Å²) >= 11 is 0. The quantitative estimate of drug-likeness (QED) is 0.794. The Kier molecular flexibility index (Phi) is 4.12. The first-order chi connectivity index (χ1) is 10.2. The molecule has 0 amide bonds. The van der Waals surface area contributed by atoms with Gasteiger partial charge in [0.25, 0.3) is 0 Å². The summed E-state index contributed by atoms with van der Waals surface area (Å²) in [6.45, 7) is 6.83. The van der Waals surface area contributed by atoms with Gasteiger partial charge in [0.2, 0.25) is 0 Å². The normalized spacial score (nSPS) is 16.1. The zero-order valence-corrected chi connectivity index (χ0v) is 13.1. The third-order valence-electron chi connectivity index (χ3n) is 4.98. The van der Waals surface area contributed by atoms with E-state index in [0.29, 0.717) is 5.41 Å². The van der Waals surface area contributed by atoms with Crippen LogP contribution in [0.2, 0.25) is 0 Å². The summed E-state index contributed by atoms with van der Waals surface area (Å²) in [5, 5.41) is 3.65. The lowest BCUT2D eigenvalue weighted by atomic mass is 9.92. The van der Waals surface area contributed by atoms with Crippen molar-refractivity contribution in [2.24, 2.45) is 11.3 Å². The molecule has 21 heavy (non-hydrogen) atoms. The predicted molar refractivity (Wildman–Crippen MR) is 90.1 cm³/mol. The van der Waals surface area contributed by atoms with E-state index in [0.717, 1.165) is 19.0 Å². The lowest BCUT2D eigenvalue weighted by Crippen LogP contribution is -2.27. The Hall–Kier alpha value is -1.60. The lowest BCUT2D eigenvalue weighted by Gasteiger charge is -2.20. The molecule has 0 radical (unpaired) electrons. The van der Waals surface area contributed by atoms with Crippen LogP contribution in [0.4, 0.5) is 0 Å². The van der Waals surface area contributed by atoms with Crippen LogP contribution >= 0.6 is 0 Å². The van der Waals surface area contributed by atoms with Crippen molar-refractivity contribution in [2.75, 3.05) is 6.54 Å². The minimum atomic E-state index is 0.587. The summed E-state index contributed by atoms with van der Waals surface area (Å²) < 4.78 is 0. The minimum Gasteiger partial charge on any atom is -0.312 e. The number of benzene rings is 2. The first-order valence-electron chi connectivity index (χ1n) is 8.05. The predicted octanol–water partition coefficient (Wildman–Crippen LogP) is 4.88. The van der Waals surface area contributed by atoms with Gasteiger partial charge in [0.05, 0.1) is 0 Å². The summed E-state index contributed by atoms with van der Waals surface area (Å²) in [5.41, 5.74) is 4.53. The van der Waals surface area contributed by atoms with Gasteiger partial charge < -0.3 is 5.32 Å². The highest BCUT2D eigenvalue weighted by molar-refractivity contribution is 5.63. The van der Waals surface area contributed by atoms with Crippen LogP contribution in [0.3, 0.4) is 0 Å². The van der Waals surface area contributed by atoms with Crippen LogP contribution in [0.1, 0.15) is 32.3 Å². The van der Waals surface area contributed by atoms with E-state index in [1.165, 1.54) is 29.5 Å². The number of nitrogens with one attached hydrogen (secondary N) is 1. The van der Waals surface area contributed by atoms with E-state index in [1.807, 2.05) is 0 Å². The molecule has 1 heteroatoms. The van der Waals surface area contributed by atoms with Gasteiger partial charge in [-0.05, 0) is 40.9 Å². The van der Waals surface area contributed by atoms with Gasteiger partial charge in [-0.25, -0.2) is 0 Å². The van der Waals surface area contributed by atoms with E-state index < -0.39 is 0 Å². The molecule has 3 rings (SSSR count). The van der Waals surface area contributed by atoms with E-state index >= 15 is 0 Å². The van der Waals surface area contributed by atoms with Crippen molar-refractivity contribution in [3.8, 4) is 11.1 Å². The maximum absolute atomic E-state index is 3.65. The average Bonchev–Trinajstić information content (AvgIpc) is 3.30. The van der Waals surface area contributed by atoms with Crippen molar-refractivity contribution in [3.05, 3.63) is 60.2 Å². The van der Waals surface area contributed by atoms with E-state index in [2.05, 4.69) is 73.8 Å². The molecule has 1 nitrogen and oxygen atoms in total. The van der Waals surface area contributed by atoms with Crippen LogP contribution in [0, 0.1) is 11.3 Å². The molecule has 0 saturated heterocycles. The molecule has 0 aliphatic heterocycles. The molecule has 0 spiro atoms. The standard InChI is InChI=1S/C20H25N/c1-16(2)20(12-13-20)15-21-14-17-8-10-19(11-9-17)18-6-4-3-5-7-18/h3-11,16,21H,12-15H2,1-2H3. The summed E-state index contributed by atoms with van der Waals surface area (Å²) in [5.74, 6) is 0.797. The molecule has 1 aliphatic rings. The molecule has 2 aromatic carbocycles. The van der Waals surface area contributed by atoms with Crippen molar-refractivity contribution < 1.29 is 0 Å². The smallest absolute Gasteiger partial charge is 0.0205 e. The van der Waals surface area contributed by atoms with Gasteiger partial charge in [0.15, 0.2) is 0 Å². The van der Waals surface area contributed by atoms with Crippen LogP contribution in [0.25, 0.3) is 11.1 Å². The second-order valence-corrected chi connectivity index (χ2v) is 6.68. The lowest BCUT2D eigenvalue weighted by molar-refractivity contribution is 0.338. The highest BCUT2D eigenvalue weighted by Gasteiger charge is 2.44. The molecule has 1 aliphatic carbocycles. The zero-order chi connectivity index (χ0) is 14.7. The van der Waals surface area contributed by atoms with Gasteiger partial charge in [0.1, 0.15) is 0 Å². The topological polar surface area (TPSA) is 12.0 Å². The van der Waals surface area contributed by atoms with E-state index in [9.17, 15) is 0 Å². The van der Waals surface area contributed by atoms with Gasteiger partial charge in [-0.2, -0.15) is 0 Å². The largest absolute Gasteiger partial charge is 0.312 e. The van der Waals surface area contributed by atoms with Crippen LogP contribution in [0.15, 0.2) is 54.6 Å². The van der Waals surface area contributed by atoms with Gasteiger partial charge in [0, 0.05) is 13.1 Å². The first-order valence-corrected chi connectivity index (χ1v) is 8.05. The molecule has 0 unspecified atom stereocenters. The van der Waals surface area contributed by atoms with Crippen molar-refractivity contribution in [3.63, 3.8) is 0 Å². The van der Waals surface area contributed by atoms with Gasteiger partial charge >= 0.3 is 0 Å². The molecule has 0 bridgehead atoms. The summed E-state index contributed by atoms with van der Waals surface area (Å²) in [6.07, 6.45) is 2.79. The summed E-state index contributed by atoms with van der Waals surface area (Å²) in [4.78, 5) is 0. The molecule has 0 aromatic heterocycles. The van der Waals surface area contributed by atoms with Crippen molar-refractivity contribution in [1.29, 1.82) is 0 Å². The van der Waals surface area contributed by atoms with Crippen molar-refractivity contribution >= 4 is 0 Å². The second-order valence-electron chi connectivity index (χ2n) is 6.68. The molecule has 110 valence electrons. The SMILES string of the molecule is CC(C)C1(CNCc2ccc(-c3ccccc3)cc2)CC1. The van der Waals surface area contributed by atoms with Crippen molar-refractivity contribution in [1.82, 2.24) is 5.32 Å². The fraction of sp³-hybridized carbons (Fsp3) is 0.400. The average molecular weight is 279 g/mol. The second kappa shape index (κ2) is 6.03. The summed E-state index contributed by atoms with van der Waals surface area (Å²) in [7, 11) is 0. The van der Waals surface area contributed by atoms with Gasteiger partial charge in [-0.3, -0.25) is 0 Å². The Morgan fingerprint density at radius 3 is 2.10 bits per heavy atom. The molecular formula is C20H25N. The van der Waals surface area contributed by atoms with E-state index in [1.54, 1.807) is 0 Å². The highest BCUT2D eigenvalue weighted by atomic mass is 14.9. The highest BCUT2D eigenvalue weighted by Crippen LogP contribution is 2.51. The monoisotopic (exact) mass is 279 g/mol. The van der Waals surface area contributed by atoms with Gasteiger partial charge in [-0.1, -0.05) is 68.4 Å². The Labute approximate surface area is 128 Å². The molecule has 1 fully saturated rings. The maximum Gasteiger partial charge on any atom is 0.0205 e. The van der Waals surface area contributed by atoms with Crippen molar-refractivity contribution in [2.45, 2.75) is 33.2 Å². The van der Waals surface area contributed by atoms with Crippen LogP contribution in [-0.4, -0.2) is 6.54 Å². The fourth-order valence-corrected chi connectivity index (χ4v) is 3.02. The molecule has 0 heterocycles. The molecule has 1 N–H and O–H groups in total. The minimum absolute atomic E-state index is 0.587. The molecule has 1 saturated carbocycles. The maximum atomic E-state index is 3.65. The van der Waals surface area contributed by atoms with Crippen LogP contribution in [0.5, 0.6) is 0 Å². The van der Waals surface area contributed by atoms with E-state index in [4.69, 9.17) is 0 Å². The van der Waals surface area contributed by atoms with Gasteiger partial charge in [-0.15, -0.1) is 0 Å². The molecule has 2 aromatic rings. The van der Waals surface area contributed by atoms with Crippen LogP contribution in [-0.2, 0) is 6.54 Å². The molecule has 0 atom stereocenters. The Morgan fingerprint density at radius 2 is 1.52 bits per heavy atom. The number of hydrogen-bond donors (Lipinski definition) is 1. The third-order valence-corrected chi connectivity index (χ3v) is 4.98. The number of rotatable bonds is 6. The van der Waals surface area contributed by atoms with E-state index in [-0.39, 0.29) is 0 Å². The number of hydrogen-bond acceptors (Lipinski definition) is 1.